The van der Waals surface area contributed by atoms with E-state index in [4.69, 9.17) is 0 Å². The monoisotopic (exact) mass is 370 g/mol. The molecule has 1 aliphatic carbocycles. The maximum absolute atomic E-state index is 12.6. The summed E-state index contributed by atoms with van der Waals surface area (Å²) in [6, 6.07) is 4.38. The molecule has 3 aliphatic rings. The fourth-order valence-electron chi connectivity index (χ4n) is 5.20. The molecule has 3 heterocycles. The van der Waals surface area contributed by atoms with Crippen molar-refractivity contribution < 1.29 is 9.59 Å². The maximum Gasteiger partial charge on any atom is 0.234 e. The normalized spacial score (nSPS) is 29.6. The van der Waals surface area contributed by atoms with Crippen molar-refractivity contribution >= 4 is 11.8 Å². The van der Waals surface area contributed by atoms with E-state index in [1.54, 1.807) is 6.20 Å². The molecule has 1 saturated carbocycles. The van der Waals surface area contributed by atoms with Gasteiger partial charge in [0.25, 0.3) is 0 Å². The molecular weight excluding hydrogens is 340 g/mol. The largest absolute Gasteiger partial charge is 0.352 e. The number of rotatable bonds is 4. The predicted octanol–water partition coefficient (Wildman–Crippen LogP) is 1.97. The Hall–Kier alpha value is -1.95. The van der Waals surface area contributed by atoms with Crippen molar-refractivity contribution in [1.82, 2.24) is 20.5 Å². The highest BCUT2D eigenvalue weighted by atomic mass is 16.2. The first-order valence-corrected chi connectivity index (χ1v) is 10.4. The first-order valence-electron chi connectivity index (χ1n) is 10.4. The highest BCUT2D eigenvalue weighted by Crippen LogP contribution is 2.40. The van der Waals surface area contributed by atoms with Crippen molar-refractivity contribution in [3.63, 3.8) is 0 Å². The zero-order chi connectivity index (χ0) is 18.7. The number of hydrogen-bond donors (Lipinski definition) is 2. The molecule has 0 bridgehead atoms. The minimum Gasteiger partial charge on any atom is -0.352 e. The number of carbonyl (C=O) groups excluding carboxylic acids is 2. The second-order valence-electron chi connectivity index (χ2n) is 8.47. The Morgan fingerprint density at radius 2 is 2.15 bits per heavy atom. The van der Waals surface area contributed by atoms with Crippen molar-refractivity contribution in [2.75, 3.05) is 19.6 Å². The summed E-state index contributed by atoms with van der Waals surface area (Å²) in [5.41, 5.74) is 0.874. The molecule has 2 N–H and O–H groups in total. The fraction of sp³-hybridized carbons (Fsp3) is 0.667. The molecule has 2 atom stereocenters. The molecule has 2 saturated heterocycles. The lowest BCUT2D eigenvalue weighted by molar-refractivity contribution is -0.125. The summed E-state index contributed by atoms with van der Waals surface area (Å²) in [6.45, 7) is 1.92. The van der Waals surface area contributed by atoms with Crippen LogP contribution in [0.4, 0.5) is 0 Å². The smallest absolute Gasteiger partial charge is 0.234 e. The molecule has 0 aromatic carbocycles. The molecule has 0 unspecified atom stereocenters. The molecule has 2 amide bonds. The quantitative estimate of drug-likeness (QED) is 0.850. The van der Waals surface area contributed by atoms with Crippen LogP contribution in [0, 0.1) is 0 Å². The van der Waals surface area contributed by atoms with Crippen LogP contribution in [0.15, 0.2) is 24.5 Å². The number of carbonyl (C=O) groups is 2. The van der Waals surface area contributed by atoms with Crippen molar-refractivity contribution in [3.05, 3.63) is 30.1 Å². The van der Waals surface area contributed by atoms with E-state index in [1.807, 2.05) is 12.3 Å². The Labute approximate surface area is 161 Å². The van der Waals surface area contributed by atoms with Crippen LogP contribution >= 0.6 is 0 Å². The third-order valence-corrected chi connectivity index (χ3v) is 6.45. The van der Waals surface area contributed by atoms with Gasteiger partial charge in [-0.15, -0.1) is 0 Å². The molecule has 1 spiro atoms. The lowest BCUT2D eigenvalue weighted by atomic mass is 9.77. The summed E-state index contributed by atoms with van der Waals surface area (Å²) in [4.78, 5) is 31.3. The van der Waals surface area contributed by atoms with E-state index < -0.39 is 0 Å². The SMILES string of the molecule is O=C(CN1C[C@@H](c2cccnc2)[C@@]2(CCCC(=O)N2)C1)NC1CCCCC1. The molecule has 2 aliphatic heterocycles. The van der Waals surface area contributed by atoms with Crippen molar-refractivity contribution in [2.24, 2.45) is 0 Å². The van der Waals surface area contributed by atoms with E-state index >= 15 is 0 Å². The summed E-state index contributed by atoms with van der Waals surface area (Å²) < 4.78 is 0. The summed E-state index contributed by atoms with van der Waals surface area (Å²) in [5, 5.41) is 6.51. The number of pyridine rings is 1. The lowest BCUT2D eigenvalue weighted by Gasteiger charge is -2.39. The fourth-order valence-corrected chi connectivity index (χ4v) is 5.20. The van der Waals surface area contributed by atoms with Gasteiger partial charge in [-0.1, -0.05) is 25.3 Å². The van der Waals surface area contributed by atoms with Gasteiger partial charge in [0, 0.05) is 43.9 Å². The molecule has 0 radical (unpaired) electrons. The average molecular weight is 370 g/mol. The van der Waals surface area contributed by atoms with Crippen LogP contribution in [0.25, 0.3) is 0 Å². The first kappa shape index (κ1) is 18.4. The summed E-state index contributed by atoms with van der Waals surface area (Å²) >= 11 is 0. The predicted molar refractivity (Wildman–Crippen MR) is 103 cm³/mol. The highest BCUT2D eigenvalue weighted by molar-refractivity contribution is 5.79. The van der Waals surface area contributed by atoms with E-state index in [-0.39, 0.29) is 23.3 Å². The number of aromatic nitrogens is 1. The summed E-state index contributed by atoms with van der Waals surface area (Å²) in [7, 11) is 0. The van der Waals surface area contributed by atoms with E-state index in [1.165, 1.54) is 19.3 Å². The van der Waals surface area contributed by atoms with Crippen LogP contribution in [0.2, 0.25) is 0 Å². The minimum absolute atomic E-state index is 0.117. The molecule has 6 heteroatoms. The molecule has 1 aromatic rings. The Morgan fingerprint density at radius 1 is 1.30 bits per heavy atom. The second kappa shape index (κ2) is 7.97. The minimum atomic E-state index is -0.274. The summed E-state index contributed by atoms with van der Waals surface area (Å²) in [6.07, 6.45) is 12.1. The summed E-state index contributed by atoms with van der Waals surface area (Å²) in [5.74, 6) is 0.424. The van der Waals surface area contributed by atoms with Gasteiger partial charge in [0.05, 0.1) is 12.1 Å². The van der Waals surface area contributed by atoms with Gasteiger partial charge < -0.3 is 10.6 Å². The van der Waals surface area contributed by atoms with Gasteiger partial charge in [0.1, 0.15) is 0 Å². The van der Waals surface area contributed by atoms with E-state index in [9.17, 15) is 9.59 Å². The Bertz CT molecular complexity index is 674. The van der Waals surface area contributed by atoms with Gasteiger partial charge in [0.15, 0.2) is 0 Å². The van der Waals surface area contributed by atoms with Gasteiger partial charge >= 0.3 is 0 Å². The van der Waals surface area contributed by atoms with Crippen LogP contribution in [-0.4, -0.2) is 52.9 Å². The lowest BCUT2D eigenvalue weighted by Crippen LogP contribution is -2.56. The molecule has 3 fully saturated rings. The van der Waals surface area contributed by atoms with E-state index in [0.717, 1.165) is 44.3 Å². The van der Waals surface area contributed by atoms with Crippen LogP contribution < -0.4 is 10.6 Å². The number of likely N-dealkylation sites (tertiary alicyclic amines) is 1. The molecule has 4 rings (SSSR count). The van der Waals surface area contributed by atoms with Crippen LogP contribution in [0.3, 0.4) is 0 Å². The van der Waals surface area contributed by atoms with Crippen molar-refractivity contribution in [1.29, 1.82) is 0 Å². The van der Waals surface area contributed by atoms with E-state index in [2.05, 4.69) is 26.6 Å². The van der Waals surface area contributed by atoms with Gasteiger partial charge in [-0.2, -0.15) is 0 Å². The Kier molecular flexibility index (Phi) is 5.43. The van der Waals surface area contributed by atoms with Gasteiger partial charge in [-0.3, -0.25) is 19.5 Å². The third-order valence-electron chi connectivity index (χ3n) is 6.45. The molecule has 6 nitrogen and oxygen atoms in total. The van der Waals surface area contributed by atoms with Gasteiger partial charge in [-0.05, 0) is 37.3 Å². The van der Waals surface area contributed by atoms with Crippen molar-refractivity contribution in [2.45, 2.75) is 68.9 Å². The van der Waals surface area contributed by atoms with Crippen molar-refractivity contribution in [3.8, 4) is 0 Å². The first-order chi connectivity index (χ1) is 13.1. The van der Waals surface area contributed by atoms with Gasteiger partial charge in [-0.25, -0.2) is 0 Å². The second-order valence-corrected chi connectivity index (χ2v) is 8.47. The standard InChI is InChI=1S/C21H30N4O2/c26-19-9-4-10-21(24-19)15-25(13-18(21)16-6-5-11-22-12-16)14-20(27)23-17-7-2-1-3-8-17/h5-6,11-12,17-18H,1-4,7-10,13-15H2,(H,23,27)(H,24,26)/t18-,21+/m0/s1. The number of hydrogen-bond acceptors (Lipinski definition) is 4. The number of nitrogens with zero attached hydrogens (tertiary/aromatic N) is 2. The van der Waals surface area contributed by atoms with Crippen LogP contribution in [0.1, 0.15) is 62.8 Å². The van der Waals surface area contributed by atoms with Gasteiger partial charge in [0.2, 0.25) is 11.8 Å². The average Bonchev–Trinajstić information content (AvgIpc) is 2.99. The molecule has 27 heavy (non-hydrogen) atoms. The number of piperidine rings is 1. The number of nitrogens with one attached hydrogen (secondary N) is 2. The highest BCUT2D eigenvalue weighted by Gasteiger charge is 2.49. The third kappa shape index (κ3) is 4.15. The van der Waals surface area contributed by atoms with Crippen LogP contribution in [0.5, 0.6) is 0 Å². The van der Waals surface area contributed by atoms with E-state index in [0.29, 0.717) is 19.0 Å². The number of amides is 2. The Balaban J connectivity index is 1.45. The molecule has 146 valence electrons. The zero-order valence-corrected chi connectivity index (χ0v) is 16.0. The topological polar surface area (TPSA) is 74.3 Å². The molecular formula is C21H30N4O2. The molecule has 1 aromatic heterocycles. The van der Waals surface area contributed by atoms with Crippen LogP contribution in [-0.2, 0) is 9.59 Å². The zero-order valence-electron chi connectivity index (χ0n) is 16.0. The Morgan fingerprint density at radius 3 is 2.89 bits per heavy atom. The maximum atomic E-state index is 12.6.